The first-order valence-electron chi connectivity index (χ1n) is 6.35. The van der Waals surface area contributed by atoms with E-state index < -0.39 is 0 Å². The summed E-state index contributed by atoms with van der Waals surface area (Å²) < 4.78 is 5.14. The van der Waals surface area contributed by atoms with Crippen molar-refractivity contribution in [2.45, 2.75) is 20.0 Å². The molecule has 2 rings (SSSR count). The Labute approximate surface area is 113 Å². The maximum Gasteiger partial charge on any atom is 0.180 e. The number of hydrogen-bond acceptors (Lipinski definition) is 5. The Morgan fingerprint density at radius 2 is 2.16 bits per heavy atom. The number of ether oxygens (including phenoxy) is 1. The van der Waals surface area contributed by atoms with Gasteiger partial charge in [0.25, 0.3) is 0 Å². The number of methoxy groups -OCH3 is 1. The molecule has 0 atom stereocenters. The molecule has 100 valence electrons. The summed E-state index contributed by atoms with van der Waals surface area (Å²) in [5, 5.41) is 3.27. The third kappa shape index (κ3) is 3.72. The van der Waals surface area contributed by atoms with Gasteiger partial charge in [-0.1, -0.05) is 13.0 Å². The van der Waals surface area contributed by atoms with E-state index in [4.69, 9.17) is 4.74 Å². The van der Waals surface area contributed by atoms with Crippen molar-refractivity contribution in [3.05, 3.63) is 36.2 Å². The summed E-state index contributed by atoms with van der Waals surface area (Å²) >= 11 is 0. The molecule has 0 bridgehead atoms. The Morgan fingerprint density at radius 3 is 2.84 bits per heavy atom. The zero-order chi connectivity index (χ0) is 13.5. The fourth-order valence-corrected chi connectivity index (χ4v) is 1.67. The quantitative estimate of drug-likeness (QED) is 0.862. The summed E-state index contributed by atoms with van der Waals surface area (Å²) in [6, 6.07) is 7.60. The second-order valence-electron chi connectivity index (χ2n) is 4.14. The van der Waals surface area contributed by atoms with Crippen LogP contribution in [-0.4, -0.2) is 28.6 Å². The number of pyridine rings is 1. The molecule has 1 N–H and O–H groups in total. The minimum atomic E-state index is 0.461. The van der Waals surface area contributed by atoms with E-state index in [9.17, 15) is 0 Å². The van der Waals surface area contributed by atoms with Crippen LogP contribution in [0.3, 0.4) is 0 Å². The van der Waals surface area contributed by atoms with E-state index in [1.807, 2.05) is 24.3 Å². The highest BCUT2D eigenvalue weighted by molar-refractivity contribution is 5.52. The van der Waals surface area contributed by atoms with E-state index in [-0.39, 0.29) is 0 Å². The highest BCUT2D eigenvalue weighted by atomic mass is 16.5. The van der Waals surface area contributed by atoms with Crippen LogP contribution in [0.25, 0.3) is 11.5 Å². The summed E-state index contributed by atoms with van der Waals surface area (Å²) in [4.78, 5) is 13.2. The first-order chi connectivity index (χ1) is 9.33. The van der Waals surface area contributed by atoms with Crippen LogP contribution in [0.1, 0.15) is 19.0 Å². The molecule has 0 aliphatic heterocycles. The molecule has 2 aromatic rings. The molecule has 2 aromatic heterocycles. The molecule has 19 heavy (non-hydrogen) atoms. The number of aromatic nitrogens is 3. The van der Waals surface area contributed by atoms with Crippen molar-refractivity contribution in [1.82, 2.24) is 15.0 Å². The van der Waals surface area contributed by atoms with Crippen LogP contribution in [0.2, 0.25) is 0 Å². The van der Waals surface area contributed by atoms with E-state index in [1.54, 1.807) is 13.3 Å². The average Bonchev–Trinajstić information content (AvgIpc) is 2.46. The number of nitrogens with one attached hydrogen (secondary N) is 1. The summed E-state index contributed by atoms with van der Waals surface area (Å²) in [6.07, 6.45) is 2.78. The molecule has 5 nitrogen and oxygen atoms in total. The predicted octanol–water partition coefficient (Wildman–Crippen LogP) is 2.51. The predicted molar refractivity (Wildman–Crippen MR) is 74.8 cm³/mol. The lowest BCUT2D eigenvalue weighted by Crippen LogP contribution is -2.06. The van der Waals surface area contributed by atoms with Crippen molar-refractivity contribution < 1.29 is 4.74 Å². The van der Waals surface area contributed by atoms with E-state index in [1.165, 1.54) is 0 Å². The van der Waals surface area contributed by atoms with Gasteiger partial charge in [0, 0.05) is 25.9 Å². The lowest BCUT2D eigenvalue weighted by molar-refractivity contribution is 0.181. The van der Waals surface area contributed by atoms with Gasteiger partial charge in [0.2, 0.25) is 0 Å². The molecule has 0 spiro atoms. The van der Waals surface area contributed by atoms with Crippen LogP contribution in [-0.2, 0) is 11.3 Å². The van der Waals surface area contributed by atoms with Gasteiger partial charge in [0.15, 0.2) is 5.82 Å². The largest absolute Gasteiger partial charge is 0.378 e. The summed E-state index contributed by atoms with van der Waals surface area (Å²) in [5.41, 5.74) is 1.61. The Morgan fingerprint density at radius 1 is 1.26 bits per heavy atom. The zero-order valence-corrected chi connectivity index (χ0v) is 11.3. The van der Waals surface area contributed by atoms with E-state index in [0.717, 1.165) is 30.2 Å². The molecular formula is C14H18N4O. The highest BCUT2D eigenvalue weighted by Gasteiger charge is 2.07. The van der Waals surface area contributed by atoms with Gasteiger partial charge in [-0.3, -0.25) is 4.98 Å². The summed E-state index contributed by atoms with van der Waals surface area (Å²) in [6.45, 7) is 3.46. The van der Waals surface area contributed by atoms with Crippen molar-refractivity contribution in [1.29, 1.82) is 0 Å². The normalized spacial score (nSPS) is 10.4. The van der Waals surface area contributed by atoms with Crippen molar-refractivity contribution >= 4 is 5.82 Å². The first kappa shape index (κ1) is 13.4. The first-order valence-corrected chi connectivity index (χ1v) is 6.35. The van der Waals surface area contributed by atoms with Gasteiger partial charge in [0.05, 0.1) is 12.3 Å². The fourth-order valence-electron chi connectivity index (χ4n) is 1.67. The molecule has 0 radical (unpaired) electrons. The molecule has 0 aliphatic rings. The van der Waals surface area contributed by atoms with Crippen LogP contribution >= 0.6 is 0 Å². The molecule has 0 saturated carbocycles. The number of hydrogen-bond donors (Lipinski definition) is 1. The molecule has 5 heteroatoms. The Kier molecular flexibility index (Phi) is 4.80. The van der Waals surface area contributed by atoms with Gasteiger partial charge < -0.3 is 10.1 Å². The smallest absolute Gasteiger partial charge is 0.180 e. The van der Waals surface area contributed by atoms with Crippen LogP contribution in [0.5, 0.6) is 0 Å². The lowest BCUT2D eigenvalue weighted by atomic mass is 10.3. The topological polar surface area (TPSA) is 59.9 Å². The molecule has 0 aliphatic carbocycles. The van der Waals surface area contributed by atoms with Crippen LogP contribution in [0.15, 0.2) is 30.5 Å². The second-order valence-corrected chi connectivity index (χ2v) is 4.14. The molecule has 0 saturated heterocycles. The standard InChI is InChI=1S/C14H18N4O/c1-3-7-16-13-9-11(10-19-2)17-14(18-13)12-6-4-5-8-15-12/h4-6,8-9H,3,7,10H2,1-2H3,(H,16,17,18). The van der Waals surface area contributed by atoms with Crippen molar-refractivity contribution in [2.24, 2.45) is 0 Å². The van der Waals surface area contributed by atoms with Gasteiger partial charge in [-0.25, -0.2) is 9.97 Å². The van der Waals surface area contributed by atoms with Gasteiger partial charge in [-0.2, -0.15) is 0 Å². The Bertz CT molecular complexity index is 516. The fraction of sp³-hybridized carbons (Fsp3) is 0.357. The molecule has 0 fully saturated rings. The maximum atomic E-state index is 5.14. The monoisotopic (exact) mass is 258 g/mol. The van der Waals surface area contributed by atoms with E-state index in [0.29, 0.717) is 12.4 Å². The lowest BCUT2D eigenvalue weighted by Gasteiger charge is -2.08. The molecule has 0 aromatic carbocycles. The molecule has 0 unspecified atom stereocenters. The van der Waals surface area contributed by atoms with Gasteiger partial charge in [-0.15, -0.1) is 0 Å². The number of nitrogens with zero attached hydrogens (tertiary/aromatic N) is 3. The number of anilines is 1. The van der Waals surface area contributed by atoms with Gasteiger partial charge in [0.1, 0.15) is 11.5 Å². The van der Waals surface area contributed by atoms with Crippen LogP contribution < -0.4 is 5.32 Å². The van der Waals surface area contributed by atoms with Gasteiger partial charge in [-0.05, 0) is 18.6 Å². The maximum absolute atomic E-state index is 5.14. The Hall–Kier alpha value is -2.01. The number of rotatable bonds is 6. The van der Waals surface area contributed by atoms with Crippen molar-refractivity contribution in [3.63, 3.8) is 0 Å². The van der Waals surface area contributed by atoms with Gasteiger partial charge >= 0.3 is 0 Å². The Balaban J connectivity index is 2.33. The highest BCUT2D eigenvalue weighted by Crippen LogP contribution is 2.16. The van der Waals surface area contributed by atoms with Crippen molar-refractivity contribution in [3.8, 4) is 11.5 Å². The summed E-state index contributed by atoms with van der Waals surface area (Å²) in [7, 11) is 1.65. The molecule has 0 amide bonds. The van der Waals surface area contributed by atoms with Crippen LogP contribution in [0, 0.1) is 0 Å². The van der Waals surface area contributed by atoms with E-state index >= 15 is 0 Å². The van der Waals surface area contributed by atoms with E-state index in [2.05, 4.69) is 27.2 Å². The minimum absolute atomic E-state index is 0.461. The molecule has 2 heterocycles. The third-order valence-corrected chi connectivity index (χ3v) is 2.52. The zero-order valence-electron chi connectivity index (χ0n) is 11.3. The third-order valence-electron chi connectivity index (χ3n) is 2.52. The molecular weight excluding hydrogens is 240 g/mol. The van der Waals surface area contributed by atoms with Crippen molar-refractivity contribution in [2.75, 3.05) is 19.0 Å². The SMILES string of the molecule is CCCNc1cc(COC)nc(-c2ccccn2)n1. The van der Waals surface area contributed by atoms with Crippen LogP contribution in [0.4, 0.5) is 5.82 Å². The average molecular weight is 258 g/mol. The minimum Gasteiger partial charge on any atom is -0.378 e. The second kappa shape index (κ2) is 6.80. The summed E-state index contributed by atoms with van der Waals surface area (Å²) in [5.74, 6) is 1.43.